The molecule has 0 unspecified atom stereocenters. The van der Waals surface area contributed by atoms with Gasteiger partial charge in [0.2, 0.25) is 5.91 Å². The van der Waals surface area contributed by atoms with Crippen molar-refractivity contribution >= 4 is 5.91 Å². The molecule has 106 valence electrons. The first kappa shape index (κ1) is 13.2. The lowest BCUT2D eigenvalue weighted by Crippen LogP contribution is -2.14. The Morgan fingerprint density at radius 1 is 1.33 bits per heavy atom. The van der Waals surface area contributed by atoms with Gasteiger partial charge in [0.1, 0.15) is 0 Å². The van der Waals surface area contributed by atoms with Crippen LogP contribution in [0.4, 0.5) is 0 Å². The number of nitrogens with two attached hydrogens (primary N) is 1. The number of aryl methyl sites for hydroxylation is 1. The summed E-state index contributed by atoms with van der Waals surface area (Å²) >= 11 is 0. The van der Waals surface area contributed by atoms with Crippen LogP contribution >= 0.6 is 0 Å². The maximum Gasteiger partial charge on any atom is 0.217 e. The monoisotopic (exact) mass is 281 g/mol. The van der Waals surface area contributed by atoms with Crippen molar-refractivity contribution in [1.82, 2.24) is 14.7 Å². The number of hydrogen-bond acceptors (Lipinski definition) is 4. The summed E-state index contributed by atoms with van der Waals surface area (Å²) in [5.41, 5.74) is 9.09. The summed E-state index contributed by atoms with van der Waals surface area (Å²) in [7, 11) is 0. The highest BCUT2D eigenvalue weighted by molar-refractivity contribution is 5.74. The standard InChI is InChI=1S/C15H15N5O/c16-10-19-8-12-13(6-7-15(17)21)18-20(14(12)9-19)11-4-2-1-3-5-11/h1-5H,6-9H2,(H2,17,21). The summed E-state index contributed by atoms with van der Waals surface area (Å²) in [6, 6.07) is 9.79. The van der Waals surface area contributed by atoms with E-state index in [0.717, 1.165) is 22.6 Å². The predicted octanol–water partition coefficient (Wildman–Crippen LogP) is 1.09. The Balaban J connectivity index is 2.01. The number of nitrogens with zero attached hydrogens (tertiary/aromatic N) is 4. The van der Waals surface area contributed by atoms with Gasteiger partial charge in [0.15, 0.2) is 6.19 Å². The van der Waals surface area contributed by atoms with E-state index in [1.165, 1.54) is 0 Å². The number of carbonyl (C=O) groups is 1. The number of aromatic nitrogens is 2. The van der Waals surface area contributed by atoms with Crippen LogP contribution in [0.15, 0.2) is 30.3 Å². The van der Waals surface area contributed by atoms with Crippen LogP contribution in [0.3, 0.4) is 0 Å². The van der Waals surface area contributed by atoms with Gasteiger partial charge in [-0.2, -0.15) is 10.4 Å². The lowest BCUT2D eigenvalue weighted by Gasteiger charge is -2.08. The Hall–Kier alpha value is -2.81. The number of fused-ring (bicyclic) bond motifs is 1. The summed E-state index contributed by atoms with van der Waals surface area (Å²) < 4.78 is 1.86. The van der Waals surface area contributed by atoms with Gasteiger partial charge in [-0.15, -0.1) is 0 Å². The molecule has 3 rings (SSSR count). The Morgan fingerprint density at radius 3 is 2.76 bits per heavy atom. The maximum atomic E-state index is 11.0. The van der Waals surface area contributed by atoms with Crippen molar-refractivity contribution in [3.05, 3.63) is 47.3 Å². The van der Waals surface area contributed by atoms with Gasteiger partial charge in [0, 0.05) is 18.4 Å². The van der Waals surface area contributed by atoms with Gasteiger partial charge in [-0.3, -0.25) is 4.79 Å². The van der Waals surface area contributed by atoms with Crippen molar-refractivity contribution in [3.8, 4) is 11.9 Å². The normalized spacial score (nSPS) is 13.0. The molecule has 2 aromatic rings. The smallest absolute Gasteiger partial charge is 0.217 e. The minimum absolute atomic E-state index is 0.269. The summed E-state index contributed by atoms with van der Waals surface area (Å²) in [6.07, 6.45) is 2.95. The Labute approximate surface area is 122 Å². The third-order valence-electron chi connectivity index (χ3n) is 3.61. The molecule has 1 aliphatic heterocycles. The van der Waals surface area contributed by atoms with Gasteiger partial charge in [-0.25, -0.2) is 4.68 Å². The van der Waals surface area contributed by atoms with Crippen LogP contribution in [0.5, 0.6) is 0 Å². The largest absolute Gasteiger partial charge is 0.370 e. The minimum Gasteiger partial charge on any atom is -0.370 e. The van der Waals surface area contributed by atoms with Crippen molar-refractivity contribution in [2.24, 2.45) is 5.73 Å². The Bertz CT molecular complexity index is 714. The molecule has 0 bridgehead atoms. The van der Waals surface area contributed by atoms with E-state index >= 15 is 0 Å². The van der Waals surface area contributed by atoms with Crippen LogP contribution < -0.4 is 5.73 Å². The fourth-order valence-corrected chi connectivity index (χ4v) is 2.60. The average molecular weight is 281 g/mol. The van der Waals surface area contributed by atoms with E-state index in [-0.39, 0.29) is 12.3 Å². The molecule has 0 spiro atoms. The van der Waals surface area contributed by atoms with Crippen molar-refractivity contribution in [2.75, 3.05) is 0 Å². The molecule has 21 heavy (non-hydrogen) atoms. The molecule has 1 aliphatic rings. The highest BCUT2D eigenvalue weighted by Gasteiger charge is 2.27. The second-order valence-electron chi connectivity index (χ2n) is 5.04. The molecule has 1 aromatic carbocycles. The quantitative estimate of drug-likeness (QED) is 0.850. The highest BCUT2D eigenvalue weighted by atomic mass is 16.1. The molecule has 6 nitrogen and oxygen atoms in total. The minimum atomic E-state index is -0.340. The Morgan fingerprint density at radius 2 is 2.10 bits per heavy atom. The summed E-state index contributed by atoms with van der Waals surface area (Å²) in [4.78, 5) is 12.7. The number of benzene rings is 1. The van der Waals surface area contributed by atoms with Crippen LogP contribution in [0, 0.1) is 11.5 Å². The molecular weight excluding hydrogens is 266 g/mol. The maximum absolute atomic E-state index is 11.0. The number of carbonyl (C=O) groups excluding carboxylic acids is 1. The second kappa shape index (κ2) is 5.29. The van der Waals surface area contributed by atoms with E-state index in [9.17, 15) is 4.79 Å². The first-order chi connectivity index (χ1) is 10.2. The fraction of sp³-hybridized carbons (Fsp3) is 0.267. The molecule has 1 amide bonds. The van der Waals surface area contributed by atoms with Crippen molar-refractivity contribution in [1.29, 1.82) is 5.26 Å². The first-order valence-electron chi connectivity index (χ1n) is 6.77. The van der Waals surface area contributed by atoms with E-state index < -0.39 is 0 Å². The van der Waals surface area contributed by atoms with Crippen LogP contribution in [0.1, 0.15) is 23.4 Å². The average Bonchev–Trinajstić information content (AvgIpc) is 3.04. The molecule has 0 radical (unpaired) electrons. The molecule has 2 heterocycles. The molecule has 0 saturated carbocycles. The molecule has 2 N–H and O–H groups in total. The Kier molecular flexibility index (Phi) is 3.32. The second-order valence-corrected chi connectivity index (χ2v) is 5.04. The molecule has 0 atom stereocenters. The summed E-state index contributed by atoms with van der Waals surface area (Å²) in [5, 5.41) is 13.7. The highest BCUT2D eigenvalue weighted by Crippen LogP contribution is 2.28. The fourth-order valence-electron chi connectivity index (χ4n) is 2.60. The van der Waals surface area contributed by atoms with Gasteiger partial charge >= 0.3 is 0 Å². The lowest BCUT2D eigenvalue weighted by atomic mass is 10.1. The van der Waals surface area contributed by atoms with Crippen LogP contribution in [0.25, 0.3) is 5.69 Å². The van der Waals surface area contributed by atoms with Gasteiger partial charge < -0.3 is 10.6 Å². The number of rotatable bonds is 4. The van der Waals surface area contributed by atoms with Gasteiger partial charge in [-0.1, -0.05) is 18.2 Å². The first-order valence-corrected chi connectivity index (χ1v) is 6.77. The number of amides is 1. The van der Waals surface area contributed by atoms with E-state index in [2.05, 4.69) is 11.3 Å². The van der Waals surface area contributed by atoms with E-state index in [0.29, 0.717) is 19.5 Å². The molecular formula is C15H15N5O. The van der Waals surface area contributed by atoms with Gasteiger partial charge in [0.25, 0.3) is 0 Å². The van der Waals surface area contributed by atoms with Crippen LogP contribution in [-0.4, -0.2) is 20.6 Å². The zero-order valence-corrected chi connectivity index (χ0v) is 11.5. The number of para-hydroxylation sites is 1. The number of nitriles is 1. The van der Waals surface area contributed by atoms with Crippen molar-refractivity contribution < 1.29 is 4.79 Å². The van der Waals surface area contributed by atoms with E-state index in [4.69, 9.17) is 11.0 Å². The van der Waals surface area contributed by atoms with E-state index in [1.807, 2.05) is 35.0 Å². The third-order valence-corrected chi connectivity index (χ3v) is 3.61. The van der Waals surface area contributed by atoms with Crippen molar-refractivity contribution in [2.45, 2.75) is 25.9 Å². The van der Waals surface area contributed by atoms with Gasteiger partial charge in [0.05, 0.1) is 30.2 Å². The van der Waals surface area contributed by atoms with E-state index in [1.54, 1.807) is 4.90 Å². The molecule has 0 fully saturated rings. The number of primary amides is 1. The number of hydrogen-bond donors (Lipinski definition) is 1. The zero-order valence-electron chi connectivity index (χ0n) is 11.5. The molecule has 1 aromatic heterocycles. The van der Waals surface area contributed by atoms with Gasteiger partial charge in [-0.05, 0) is 12.1 Å². The summed E-state index contributed by atoms with van der Waals surface area (Å²) in [6.45, 7) is 1.09. The lowest BCUT2D eigenvalue weighted by molar-refractivity contribution is -0.118. The third kappa shape index (κ3) is 2.46. The SMILES string of the molecule is N#CN1Cc2c(CCC(N)=O)nn(-c3ccccc3)c2C1. The summed E-state index contributed by atoms with van der Waals surface area (Å²) in [5.74, 6) is -0.340. The van der Waals surface area contributed by atoms with Crippen LogP contribution in [-0.2, 0) is 24.3 Å². The molecule has 0 aliphatic carbocycles. The molecule has 6 heteroatoms. The molecule has 0 saturated heterocycles. The van der Waals surface area contributed by atoms with Crippen LogP contribution in [0.2, 0.25) is 0 Å². The zero-order chi connectivity index (χ0) is 14.8. The van der Waals surface area contributed by atoms with Crippen molar-refractivity contribution in [3.63, 3.8) is 0 Å². The predicted molar refractivity (Wildman–Crippen MR) is 75.9 cm³/mol. The topological polar surface area (TPSA) is 87.9 Å².